The Bertz CT molecular complexity index is 687. The van der Waals surface area contributed by atoms with Gasteiger partial charge in [0.25, 0.3) is 5.56 Å². The second-order valence-electron chi connectivity index (χ2n) is 3.94. The van der Waals surface area contributed by atoms with Crippen LogP contribution in [0.5, 0.6) is 0 Å². The maximum atomic E-state index is 11.8. The van der Waals surface area contributed by atoms with Gasteiger partial charge in [0.1, 0.15) is 5.69 Å². The Morgan fingerprint density at radius 1 is 1.30 bits per heavy atom. The van der Waals surface area contributed by atoms with Crippen molar-refractivity contribution in [3.63, 3.8) is 0 Å². The number of H-pyrrole nitrogens is 1. The number of aromatic nitrogens is 1. The standard InChI is InChI=1S/C13H11BrClN3O2/c14-8-5-11(13(20)17-6-8)18-12(19)7-16-10-4-2-1-3-9(10)15/h1-6,16H,7H2,(H,17,20)(H,18,19). The highest BCUT2D eigenvalue weighted by atomic mass is 79.9. The van der Waals surface area contributed by atoms with Crippen LogP contribution in [0, 0.1) is 0 Å². The van der Waals surface area contributed by atoms with Crippen molar-refractivity contribution in [3.8, 4) is 0 Å². The molecule has 0 aliphatic carbocycles. The Kier molecular flexibility index (Phi) is 4.81. The molecule has 2 rings (SSSR count). The molecule has 1 amide bonds. The fraction of sp³-hybridized carbons (Fsp3) is 0.0769. The summed E-state index contributed by atoms with van der Waals surface area (Å²) < 4.78 is 0.673. The van der Waals surface area contributed by atoms with Gasteiger partial charge in [-0.25, -0.2) is 0 Å². The zero-order valence-electron chi connectivity index (χ0n) is 10.2. The van der Waals surface area contributed by atoms with E-state index in [0.29, 0.717) is 15.2 Å². The second kappa shape index (κ2) is 6.58. The average molecular weight is 357 g/mol. The number of halogens is 2. The highest BCUT2D eigenvalue weighted by molar-refractivity contribution is 9.10. The molecule has 0 spiro atoms. The second-order valence-corrected chi connectivity index (χ2v) is 5.27. The number of rotatable bonds is 4. The van der Waals surface area contributed by atoms with E-state index in [1.165, 1.54) is 12.3 Å². The van der Waals surface area contributed by atoms with Gasteiger partial charge in [-0.1, -0.05) is 23.7 Å². The van der Waals surface area contributed by atoms with Gasteiger partial charge in [-0.15, -0.1) is 0 Å². The quantitative estimate of drug-likeness (QED) is 0.788. The van der Waals surface area contributed by atoms with Gasteiger partial charge in [0.05, 0.1) is 17.3 Å². The molecule has 3 N–H and O–H groups in total. The number of aromatic amines is 1. The number of hydrogen-bond acceptors (Lipinski definition) is 3. The largest absolute Gasteiger partial charge is 0.375 e. The van der Waals surface area contributed by atoms with Crippen LogP contribution >= 0.6 is 27.5 Å². The normalized spacial score (nSPS) is 10.1. The zero-order valence-corrected chi connectivity index (χ0v) is 12.6. The minimum atomic E-state index is -0.362. The number of pyridine rings is 1. The molecule has 1 aromatic heterocycles. The molecule has 20 heavy (non-hydrogen) atoms. The molecule has 104 valence electrons. The molecule has 0 radical (unpaired) electrons. The molecule has 1 aromatic carbocycles. The molecule has 0 fully saturated rings. The van der Waals surface area contributed by atoms with Crippen molar-refractivity contribution in [3.05, 3.63) is 56.4 Å². The molecule has 1 heterocycles. The van der Waals surface area contributed by atoms with E-state index in [-0.39, 0.29) is 23.7 Å². The molecule has 2 aromatic rings. The summed E-state index contributed by atoms with van der Waals surface area (Å²) in [7, 11) is 0. The lowest BCUT2D eigenvalue weighted by Gasteiger charge is -2.08. The van der Waals surface area contributed by atoms with Crippen LogP contribution in [-0.2, 0) is 4.79 Å². The van der Waals surface area contributed by atoms with Crippen LogP contribution in [-0.4, -0.2) is 17.4 Å². The number of nitrogens with one attached hydrogen (secondary N) is 3. The van der Waals surface area contributed by atoms with Crippen molar-refractivity contribution in [2.45, 2.75) is 0 Å². The molecule has 0 aliphatic rings. The van der Waals surface area contributed by atoms with Crippen molar-refractivity contribution >= 4 is 44.8 Å². The van der Waals surface area contributed by atoms with Gasteiger partial charge in [0.15, 0.2) is 0 Å². The van der Waals surface area contributed by atoms with Crippen molar-refractivity contribution in [2.24, 2.45) is 0 Å². The lowest BCUT2D eigenvalue weighted by atomic mass is 10.3. The number of hydrogen-bond donors (Lipinski definition) is 3. The number of carbonyl (C=O) groups is 1. The van der Waals surface area contributed by atoms with Gasteiger partial charge in [-0.2, -0.15) is 0 Å². The molecular weight excluding hydrogens is 346 g/mol. The monoisotopic (exact) mass is 355 g/mol. The van der Waals surface area contributed by atoms with Gasteiger partial charge >= 0.3 is 0 Å². The van der Waals surface area contributed by atoms with Crippen LogP contribution < -0.4 is 16.2 Å². The summed E-state index contributed by atoms with van der Waals surface area (Å²) in [5.74, 6) is -0.339. The molecule has 0 unspecified atom stereocenters. The lowest BCUT2D eigenvalue weighted by Crippen LogP contribution is -2.25. The molecular formula is C13H11BrClN3O2. The Hall–Kier alpha value is -1.79. The van der Waals surface area contributed by atoms with E-state index in [1.54, 1.807) is 18.2 Å². The molecule has 7 heteroatoms. The van der Waals surface area contributed by atoms with Crippen molar-refractivity contribution in [1.29, 1.82) is 0 Å². The highest BCUT2D eigenvalue weighted by Gasteiger charge is 2.07. The number of carbonyl (C=O) groups excluding carboxylic acids is 1. The van der Waals surface area contributed by atoms with Gasteiger partial charge in [-0.05, 0) is 34.1 Å². The third-order valence-corrected chi connectivity index (χ3v) is 3.24. The summed E-state index contributed by atoms with van der Waals surface area (Å²) in [5, 5.41) is 5.95. The van der Waals surface area contributed by atoms with E-state index in [0.717, 1.165) is 0 Å². The smallest absolute Gasteiger partial charge is 0.271 e. The van der Waals surface area contributed by atoms with E-state index in [9.17, 15) is 9.59 Å². The number of amides is 1. The first-order valence-corrected chi connectivity index (χ1v) is 6.90. The molecule has 0 aliphatic heterocycles. The van der Waals surface area contributed by atoms with Crippen LogP contribution in [0.1, 0.15) is 0 Å². The molecule has 5 nitrogen and oxygen atoms in total. The van der Waals surface area contributed by atoms with E-state index in [2.05, 4.69) is 31.5 Å². The third kappa shape index (κ3) is 3.85. The Balaban J connectivity index is 1.98. The summed E-state index contributed by atoms with van der Waals surface area (Å²) in [4.78, 5) is 25.8. The van der Waals surface area contributed by atoms with Crippen molar-refractivity contribution < 1.29 is 4.79 Å². The summed E-state index contributed by atoms with van der Waals surface area (Å²) in [6, 6.07) is 8.63. The first-order valence-electron chi connectivity index (χ1n) is 5.73. The predicted octanol–water partition coefficient (Wildman–Crippen LogP) is 2.84. The summed E-state index contributed by atoms with van der Waals surface area (Å²) >= 11 is 9.18. The summed E-state index contributed by atoms with van der Waals surface area (Å²) in [6.45, 7) is 0.00961. The van der Waals surface area contributed by atoms with E-state index in [1.807, 2.05) is 6.07 Å². The number of para-hydroxylation sites is 1. The molecule has 0 bridgehead atoms. The van der Waals surface area contributed by atoms with Crippen LogP contribution in [0.25, 0.3) is 0 Å². The fourth-order valence-electron chi connectivity index (χ4n) is 1.52. The maximum absolute atomic E-state index is 11.8. The fourth-order valence-corrected chi connectivity index (χ4v) is 2.07. The maximum Gasteiger partial charge on any atom is 0.271 e. The minimum Gasteiger partial charge on any atom is -0.375 e. The van der Waals surface area contributed by atoms with Crippen LogP contribution in [0.4, 0.5) is 11.4 Å². The first-order chi connectivity index (χ1) is 9.56. The van der Waals surface area contributed by atoms with Gasteiger partial charge in [0.2, 0.25) is 5.91 Å². The van der Waals surface area contributed by atoms with Gasteiger partial charge < -0.3 is 15.6 Å². The summed E-state index contributed by atoms with van der Waals surface area (Å²) in [6.07, 6.45) is 1.50. The van der Waals surface area contributed by atoms with Crippen molar-refractivity contribution in [2.75, 3.05) is 17.2 Å². The first kappa shape index (κ1) is 14.6. The zero-order chi connectivity index (χ0) is 14.5. The topological polar surface area (TPSA) is 74.0 Å². The third-order valence-electron chi connectivity index (χ3n) is 2.46. The van der Waals surface area contributed by atoms with Crippen LogP contribution in [0.2, 0.25) is 5.02 Å². The van der Waals surface area contributed by atoms with Crippen molar-refractivity contribution in [1.82, 2.24) is 4.98 Å². The number of benzene rings is 1. The molecule has 0 saturated heterocycles. The molecule has 0 saturated carbocycles. The Morgan fingerprint density at radius 2 is 2.05 bits per heavy atom. The van der Waals surface area contributed by atoms with Crippen LogP contribution in [0.3, 0.4) is 0 Å². The SMILES string of the molecule is O=C(CNc1ccccc1Cl)Nc1cc(Br)c[nH]c1=O. The predicted molar refractivity (Wildman–Crippen MR) is 83.3 cm³/mol. The molecule has 0 atom stereocenters. The van der Waals surface area contributed by atoms with E-state index < -0.39 is 0 Å². The lowest BCUT2D eigenvalue weighted by molar-refractivity contribution is -0.114. The average Bonchev–Trinajstić information content (AvgIpc) is 2.42. The summed E-state index contributed by atoms with van der Waals surface area (Å²) in [5.41, 5.74) is 0.483. The minimum absolute atomic E-state index is 0.00961. The Labute approximate surface area is 128 Å². The van der Waals surface area contributed by atoms with E-state index in [4.69, 9.17) is 11.6 Å². The van der Waals surface area contributed by atoms with Crippen LogP contribution in [0.15, 0.2) is 45.8 Å². The van der Waals surface area contributed by atoms with E-state index >= 15 is 0 Å². The highest BCUT2D eigenvalue weighted by Crippen LogP contribution is 2.20. The van der Waals surface area contributed by atoms with Gasteiger partial charge in [0, 0.05) is 10.7 Å². The Morgan fingerprint density at radius 3 is 2.80 bits per heavy atom. The number of anilines is 2. The van der Waals surface area contributed by atoms with Gasteiger partial charge in [-0.3, -0.25) is 9.59 Å².